The van der Waals surface area contributed by atoms with Gasteiger partial charge < -0.3 is 0 Å². The molecule has 0 atom stereocenters. The largest absolute Gasteiger partial charge is 0.256 e. The lowest BCUT2D eigenvalue weighted by Crippen LogP contribution is -1.82. The number of benzene rings is 1. The van der Waals surface area contributed by atoms with Crippen molar-refractivity contribution in [1.82, 2.24) is 9.97 Å². The zero-order valence-electron chi connectivity index (χ0n) is 7.44. The van der Waals surface area contributed by atoms with Gasteiger partial charge in [0.25, 0.3) is 0 Å². The predicted molar refractivity (Wildman–Crippen MR) is 55.9 cm³/mol. The minimum absolute atomic E-state index is 0.990. The molecule has 1 radical (unpaired) electrons. The summed E-state index contributed by atoms with van der Waals surface area (Å²) in [5.41, 5.74) is 1.99. The molecule has 2 aromatic heterocycles. The van der Waals surface area contributed by atoms with Crippen molar-refractivity contribution in [2.45, 2.75) is 0 Å². The predicted octanol–water partition coefficient (Wildman–Crippen LogP) is 2.58. The Hall–Kier alpha value is -1.96. The van der Waals surface area contributed by atoms with Gasteiger partial charge in [-0.15, -0.1) is 0 Å². The molecule has 2 heteroatoms. The van der Waals surface area contributed by atoms with Crippen LogP contribution in [0, 0.1) is 6.07 Å². The average molecular weight is 179 g/mol. The summed E-state index contributed by atoms with van der Waals surface area (Å²) in [5.74, 6) is 0. The first-order chi connectivity index (χ1) is 6.95. The van der Waals surface area contributed by atoms with Crippen LogP contribution in [0.15, 0.2) is 42.7 Å². The van der Waals surface area contributed by atoms with Crippen molar-refractivity contribution in [1.29, 1.82) is 0 Å². The van der Waals surface area contributed by atoms with Crippen LogP contribution in [0.25, 0.3) is 21.8 Å². The van der Waals surface area contributed by atoms with Crippen LogP contribution in [-0.4, -0.2) is 9.97 Å². The fourth-order valence-corrected chi connectivity index (χ4v) is 1.66. The highest BCUT2D eigenvalue weighted by molar-refractivity contribution is 6.04. The third kappa shape index (κ3) is 0.973. The maximum Gasteiger partial charge on any atom is 0.0710 e. The van der Waals surface area contributed by atoms with Gasteiger partial charge in [0.15, 0.2) is 0 Å². The standard InChI is InChI=1S/C12H7N2/c1-3-9-10-4-2-8-14-12(10)6-5-11(9)13-7-1/h1,3-8H. The molecule has 0 aliphatic heterocycles. The molecule has 3 aromatic rings. The van der Waals surface area contributed by atoms with E-state index in [1.54, 1.807) is 12.4 Å². The number of nitrogens with zero attached hydrogens (tertiary/aromatic N) is 2. The molecule has 0 saturated carbocycles. The molecule has 0 unspecified atom stereocenters. The summed E-state index contributed by atoms with van der Waals surface area (Å²) in [6.07, 6.45) is 3.48. The van der Waals surface area contributed by atoms with Gasteiger partial charge in [-0.25, -0.2) is 0 Å². The zero-order chi connectivity index (χ0) is 9.38. The molecule has 0 bridgehead atoms. The summed E-state index contributed by atoms with van der Waals surface area (Å²) in [6.45, 7) is 0. The molecular weight excluding hydrogens is 172 g/mol. The van der Waals surface area contributed by atoms with E-state index in [-0.39, 0.29) is 0 Å². The molecule has 2 heterocycles. The molecule has 65 valence electrons. The summed E-state index contributed by atoms with van der Waals surface area (Å²) >= 11 is 0. The molecular formula is C12H7N2. The summed E-state index contributed by atoms with van der Waals surface area (Å²) < 4.78 is 0. The van der Waals surface area contributed by atoms with E-state index in [2.05, 4.69) is 22.1 Å². The smallest absolute Gasteiger partial charge is 0.0710 e. The van der Waals surface area contributed by atoms with Crippen LogP contribution in [0.1, 0.15) is 0 Å². The molecule has 0 spiro atoms. The van der Waals surface area contributed by atoms with Crippen LogP contribution in [0.5, 0.6) is 0 Å². The second-order valence-electron chi connectivity index (χ2n) is 3.14. The fraction of sp³-hybridized carbons (Fsp3) is 0. The lowest BCUT2D eigenvalue weighted by molar-refractivity contribution is 1.39. The first-order valence-corrected chi connectivity index (χ1v) is 4.45. The molecule has 0 fully saturated rings. The minimum atomic E-state index is 0.990. The summed E-state index contributed by atoms with van der Waals surface area (Å²) in [4.78, 5) is 8.54. The topological polar surface area (TPSA) is 25.8 Å². The Balaban J connectivity index is 2.61. The SMILES string of the molecule is [c]1cnc2ccc3ncccc3c2c1. The summed E-state index contributed by atoms with van der Waals surface area (Å²) in [5, 5.41) is 2.24. The van der Waals surface area contributed by atoms with E-state index in [0.717, 1.165) is 21.8 Å². The van der Waals surface area contributed by atoms with Gasteiger partial charge >= 0.3 is 0 Å². The Bertz CT molecular complexity index is 547. The van der Waals surface area contributed by atoms with Crippen LogP contribution in [0.2, 0.25) is 0 Å². The third-order valence-electron chi connectivity index (χ3n) is 2.31. The van der Waals surface area contributed by atoms with Crippen molar-refractivity contribution in [2.24, 2.45) is 0 Å². The number of aromatic nitrogens is 2. The van der Waals surface area contributed by atoms with E-state index < -0.39 is 0 Å². The molecule has 0 aliphatic rings. The van der Waals surface area contributed by atoms with Crippen LogP contribution < -0.4 is 0 Å². The van der Waals surface area contributed by atoms with Crippen LogP contribution in [0.3, 0.4) is 0 Å². The van der Waals surface area contributed by atoms with Crippen LogP contribution >= 0.6 is 0 Å². The molecule has 14 heavy (non-hydrogen) atoms. The Morgan fingerprint density at radius 3 is 2.71 bits per heavy atom. The highest BCUT2D eigenvalue weighted by atomic mass is 14.7. The first-order valence-electron chi connectivity index (χ1n) is 4.45. The fourth-order valence-electron chi connectivity index (χ4n) is 1.66. The van der Waals surface area contributed by atoms with E-state index in [9.17, 15) is 0 Å². The van der Waals surface area contributed by atoms with Crippen molar-refractivity contribution >= 4 is 21.8 Å². The lowest BCUT2D eigenvalue weighted by Gasteiger charge is -2.00. The highest BCUT2D eigenvalue weighted by Crippen LogP contribution is 2.21. The van der Waals surface area contributed by atoms with Gasteiger partial charge in [0, 0.05) is 29.2 Å². The summed E-state index contributed by atoms with van der Waals surface area (Å²) in [7, 11) is 0. The quantitative estimate of drug-likeness (QED) is 0.496. The minimum Gasteiger partial charge on any atom is -0.256 e. The van der Waals surface area contributed by atoms with Crippen LogP contribution in [-0.2, 0) is 0 Å². The van der Waals surface area contributed by atoms with Crippen molar-refractivity contribution in [3.05, 3.63) is 48.8 Å². The molecule has 1 aromatic carbocycles. The van der Waals surface area contributed by atoms with E-state index in [1.807, 2.05) is 24.3 Å². The van der Waals surface area contributed by atoms with Crippen molar-refractivity contribution < 1.29 is 0 Å². The highest BCUT2D eigenvalue weighted by Gasteiger charge is 1.99. The Morgan fingerprint density at radius 2 is 1.79 bits per heavy atom. The van der Waals surface area contributed by atoms with E-state index >= 15 is 0 Å². The molecule has 0 aliphatic carbocycles. The Labute approximate surface area is 81.2 Å². The number of hydrogen-bond donors (Lipinski definition) is 0. The second-order valence-corrected chi connectivity index (χ2v) is 3.14. The number of fused-ring (bicyclic) bond motifs is 3. The number of pyridine rings is 2. The van der Waals surface area contributed by atoms with Crippen molar-refractivity contribution in [3.63, 3.8) is 0 Å². The van der Waals surface area contributed by atoms with Gasteiger partial charge in [-0.1, -0.05) is 6.07 Å². The molecule has 0 amide bonds. The average Bonchev–Trinajstić information content (AvgIpc) is 2.29. The first kappa shape index (κ1) is 7.44. The van der Waals surface area contributed by atoms with E-state index in [1.165, 1.54) is 0 Å². The van der Waals surface area contributed by atoms with Gasteiger partial charge in [-0.3, -0.25) is 9.97 Å². The van der Waals surface area contributed by atoms with Gasteiger partial charge in [0.1, 0.15) is 0 Å². The zero-order valence-corrected chi connectivity index (χ0v) is 7.44. The molecule has 0 saturated heterocycles. The van der Waals surface area contributed by atoms with Crippen molar-refractivity contribution in [3.8, 4) is 0 Å². The maximum absolute atomic E-state index is 4.29. The summed E-state index contributed by atoms with van der Waals surface area (Å²) in [6, 6.07) is 12.9. The normalized spacial score (nSPS) is 10.9. The van der Waals surface area contributed by atoms with Gasteiger partial charge in [0.2, 0.25) is 0 Å². The Kier molecular flexibility index (Phi) is 1.47. The van der Waals surface area contributed by atoms with Gasteiger partial charge in [0.05, 0.1) is 11.0 Å². The van der Waals surface area contributed by atoms with E-state index in [4.69, 9.17) is 0 Å². The molecule has 3 rings (SSSR count). The second kappa shape index (κ2) is 2.77. The lowest BCUT2D eigenvalue weighted by atomic mass is 10.1. The van der Waals surface area contributed by atoms with E-state index in [0.29, 0.717) is 0 Å². The number of rotatable bonds is 0. The van der Waals surface area contributed by atoms with Gasteiger partial charge in [-0.05, 0) is 24.3 Å². The molecule has 2 nitrogen and oxygen atoms in total. The third-order valence-corrected chi connectivity index (χ3v) is 2.31. The maximum atomic E-state index is 4.29. The van der Waals surface area contributed by atoms with Gasteiger partial charge in [-0.2, -0.15) is 0 Å². The monoisotopic (exact) mass is 179 g/mol. The van der Waals surface area contributed by atoms with Crippen LogP contribution in [0.4, 0.5) is 0 Å². The van der Waals surface area contributed by atoms with Crippen molar-refractivity contribution in [2.75, 3.05) is 0 Å². The Morgan fingerprint density at radius 1 is 0.929 bits per heavy atom. The number of hydrogen-bond acceptors (Lipinski definition) is 2. The molecule has 0 N–H and O–H groups in total.